The molecule has 0 aromatic heterocycles. The molecule has 1 aromatic carbocycles. The number of hydrogen-bond donors (Lipinski definition) is 1. The Morgan fingerprint density at radius 1 is 1.26 bits per heavy atom. The van der Waals surface area contributed by atoms with Gasteiger partial charge in [-0.05, 0) is 25.5 Å². The van der Waals surface area contributed by atoms with E-state index < -0.39 is 0 Å². The number of nitrogens with zero attached hydrogens (tertiary/aromatic N) is 2. The smallest absolute Gasteiger partial charge is 0.224 e. The van der Waals surface area contributed by atoms with Crippen molar-refractivity contribution < 1.29 is 18.7 Å². The first-order valence-electron chi connectivity index (χ1n) is 9.72. The van der Waals surface area contributed by atoms with Gasteiger partial charge in [-0.3, -0.25) is 14.5 Å². The Balaban J connectivity index is 1.43. The Labute approximate surface area is 159 Å². The van der Waals surface area contributed by atoms with Crippen LogP contribution >= 0.6 is 0 Å². The second-order valence-corrected chi connectivity index (χ2v) is 7.20. The summed E-state index contributed by atoms with van der Waals surface area (Å²) in [6, 6.07) is 6.45. The average Bonchev–Trinajstić information content (AvgIpc) is 2.69. The normalized spacial score (nSPS) is 21.3. The van der Waals surface area contributed by atoms with Crippen molar-refractivity contribution in [2.24, 2.45) is 5.92 Å². The highest BCUT2D eigenvalue weighted by Gasteiger charge is 2.30. The third-order valence-electron chi connectivity index (χ3n) is 5.24. The molecule has 0 unspecified atom stereocenters. The van der Waals surface area contributed by atoms with Crippen LogP contribution in [-0.4, -0.2) is 67.6 Å². The van der Waals surface area contributed by atoms with E-state index >= 15 is 0 Å². The fraction of sp³-hybridized carbons (Fsp3) is 0.600. The van der Waals surface area contributed by atoms with Crippen LogP contribution in [0, 0.1) is 11.7 Å². The van der Waals surface area contributed by atoms with Crippen LogP contribution in [0.2, 0.25) is 0 Å². The van der Waals surface area contributed by atoms with E-state index in [0.717, 1.165) is 39.3 Å². The van der Waals surface area contributed by atoms with Gasteiger partial charge >= 0.3 is 0 Å². The minimum absolute atomic E-state index is 0.0111. The zero-order valence-electron chi connectivity index (χ0n) is 15.7. The molecule has 1 N–H and O–H groups in total. The maximum atomic E-state index is 13.9. The van der Waals surface area contributed by atoms with Crippen LogP contribution in [-0.2, 0) is 20.9 Å². The lowest BCUT2D eigenvalue weighted by Gasteiger charge is -2.32. The molecule has 0 radical (unpaired) electrons. The predicted octanol–water partition coefficient (Wildman–Crippen LogP) is 1.40. The lowest BCUT2D eigenvalue weighted by atomic mass is 9.96. The maximum Gasteiger partial charge on any atom is 0.224 e. The number of nitrogens with one attached hydrogen (secondary N) is 1. The molecule has 0 saturated carbocycles. The zero-order chi connectivity index (χ0) is 19.1. The molecule has 2 saturated heterocycles. The minimum atomic E-state index is -0.319. The van der Waals surface area contributed by atoms with Gasteiger partial charge in [-0.25, -0.2) is 4.39 Å². The molecule has 2 fully saturated rings. The van der Waals surface area contributed by atoms with Crippen molar-refractivity contribution in [2.75, 3.05) is 45.9 Å². The van der Waals surface area contributed by atoms with Crippen molar-refractivity contribution in [1.82, 2.24) is 15.1 Å². The van der Waals surface area contributed by atoms with E-state index in [1.807, 2.05) is 0 Å². The molecule has 0 aliphatic carbocycles. The first-order valence-corrected chi connectivity index (χ1v) is 9.72. The summed E-state index contributed by atoms with van der Waals surface area (Å²) in [5, 5.41) is 2.99. The highest BCUT2D eigenvalue weighted by atomic mass is 19.1. The van der Waals surface area contributed by atoms with Gasteiger partial charge in [0.15, 0.2) is 0 Å². The molecule has 6 nitrogen and oxygen atoms in total. The van der Waals surface area contributed by atoms with Crippen molar-refractivity contribution in [1.29, 1.82) is 0 Å². The third kappa shape index (κ3) is 5.74. The molecule has 27 heavy (non-hydrogen) atoms. The number of morpholine rings is 1. The van der Waals surface area contributed by atoms with Gasteiger partial charge in [0.25, 0.3) is 0 Å². The second kappa shape index (κ2) is 9.80. The summed E-state index contributed by atoms with van der Waals surface area (Å²) in [4.78, 5) is 28.6. The van der Waals surface area contributed by atoms with Crippen LogP contribution in [0.15, 0.2) is 24.3 Å². The van der Waals surface area contributed by atoms with Crippen LogP contribution in [0.3, 0.4) is 0 Å². The Hall–Kier alpha value is -1.99. The SMILES string of the molecule is O=C(NCCCN1CCOCC1)[C@@H]1CCC(=O)N(Cc2ccccc2F)C1. The number of piperidine rings is 1. The fourth-order valence-corrected chi connectivity index (χ4v) is 3.60. The summed E-state index contributed by atoms with van der Waals surface area (Å²) in [6.45, 7) is 5.60. The van der Waals surface area contributed by atoms with Crippen molar-refractivity contribution in [3.05, 3.63) is 35.6 Å². The molecular formula is C20H28FN3O3. The highest BCUT2D eigenvalue weighted by molar-refractivity contribution is 5.83. The number of amides is 2. The van der Waals surface area contributed by atoms with Gasteiger partial charge < -0.3 is 15.0 Å². The topological polar surface area (TPSA) is 61.9 Å². The van der Waals surface area contributed by atoms with Crippen LogP contribution in [0.1, 0.15) is 24.8 Å². The summed E-state index contributed by atoms with van der Waals surface area (Å²) in [7, 11) is 0. The molecule has 2 aliphatic rings. The van der Waals surface area contributed by atoms with E-state index in [1.165, 1.54) is 6.07 Å². The summed E-state index contributed by atoms with van der Waals surface area (Å²) >= 11 is 0. The molecule has 1 atom stereocenters. The van der Waals surface area contributed by atoms with Crippen LogP contribution in [0.25, 0.3) is 0 Å². The number of likely N-dealkylation sites (tertiary alicyclic amines) is 1. The van der Waals surface area contributed by atoms with Gasteiger partial charge in [-0.2, -0.15) is 0 Å². The molecule has 3 rings (SSSR count). The van der Waals surface area contributed by atoms with Gasteiger partial charge in [0, 0.05) is 44.7 Å². The molecular weight excluding hydrogens is 349 g/mol. The number of halogens is 1. The van der Waals surface area contributed by atoms with Crippen molar-refractivity contribution in [3.8, 4) is 0 Å². The number of hydrogen-bond acceptors (Lipinski definition) is 4. The first-order chi connectivity index (χ1) is 13.1. The first kappa shape index (κ1) is 19.8. The highest BCUT2D eigenvalue weighted by Crippen LogP contribution is 2.21. The monoisotopic (exact) mass is 377 g/mol. The van der Waals surface area contributed by atoms with Crippen molar-refractivity contribution in [2.45, 2.75) is 25.8 Å². The standard InChI is InChI=1S/C20H28FN3O3/c21-18-5-2-1-4-16(18)14-24-15-17(6-7-19(24)25)20(26)22-8-3-9-23-10-12-27-13-11-23/h1-2,4-5,17H,3,6-15H2,(H,22,26)/t17-/m1/s1. The summed E-state index contributed by atoms with van der Waals surface area (Å²) in [6.07, 6.45) is 1.79. The molecule has 2 aliphatic heterocycles. The van der Waals surface area contributed by atoms with Gasteiger partial charge in [-0.1, -0.05) is 18.2 Å². The van der Waals surface area contributed by atoms with Gasteiger partial charge in [0.1, 0.15) is 5.82 Å². The van der Waals surface area contributed by atoms with E-state index in [0.29, 0.717) is 31.5 Å². The van der Waals surface area contributed by atoms with Crippen LogP contribution < -0.4 is 5.32 Å². The molecule has 148 valence electrons. The average molecular weight is 377 g/mol. The molecule has 2 amide bonds. The Kier molecular flexibility index (Phi) is 7.18. The number of rotatable bonds is 7. The number of ether oxygens (including phenoxy) is 1. The van der Waals surface area contributed by atoms with E-state index in [1.54, 1.807) is 23.1 Å². The van der Waals surface area contributed by atoms with Crippen molar-refractivity contribution in [3.63, 3.8) is 0 Å². The Bertz CT molecular complexity index is 649. The Morgan fingerprint density at radius 3 is 2.81 bits per heavy atom. The summed E-state index contributed by atoms with van der Waals surface area (Å²) in [5.41, 5.74) is 0.484. The molecule has 0 spiro atoms. The van der Waals surface area contributed by atoms with Gasteiger partial charge in [-0.15, -0.1) is 0 Å². The van der Waals surface area contributed by atoms with Crippen LogP contribution in [0.5, 0.6) is 0 Å². The van der Waals surface area contributed by atoms with Gasteiger partial charge in [0.05, 0.1) is 19.1 Å². The number of carbonyl (C=O) groups excluding carboxylic acids is 2. The summed E-state index contributed by atoms with van der Waals surface area (Å²) in [5.74, 6) is -0.574. The number of benzene rings is 1. The zero-order valence-corrected chi connectivity index (χ0v) is 15.7. The fourth-order valence-electron chi connectivity index (χ4n) is 3.60. The van der Waals surface area contributed by atoms with Gasteiger partial charge in [0.2, 0.25) is 11.8 Å². The largest absolute Gasteiger partial charge is 0.379 e. The van der Waals surface area contributed by atoms with Crippen molar-refractivity contribution >= 4 is 11.8 Å². The second-order valence-electron chi connectivity index (χ2n) is 7.20. The van der Waals surface area contributed by atoms with E-state index in [4.69, 9.17) is 4.74 Å². The predicted molar refractivity (Wildman–Crippen MR) is 99.4 cm³/mol. The molecule has 7 heteroatoms. The summed E-state index contributed by atoms with van der Waals surface area (Å²) < 4.78 is 19.2. The maximum absolute atomic E-state index is 13.9. The molecule has 1 aromatic rings. The molecule has 2 heterocycles. The Morgan fingerprint density at radius 2 is 2.04 bits per heavy atom. The lowest BCUT2D eigenvalue weighted by Crippen LogP contribution is -2.46. The third-order valence-corrected chi connectivity index (χ3v) is 5.24. The lowest BCUT2D eigenvalue weighted by molar-refractivity contribution is -0.138. The van der Waals surface area contributed by atoms with Crippen LogP contribution in [0.4, 0.5) is 4.39 Å². The molecule has 0 bridgehead atoms. The van der Waals surface area contributed by atoms with E-state index in [9.17, 15) is 14.0 Å². The minimum Gasteiger partial charge on any atom is -0.379 e. The van der Waals surface area contributed by atoms with E-state index in [2.05, 4.69) is 10.2 Å². The van der Waals surface area contributed by atoms with E-state index in [-0.39, 0.29) is 30.1 Å². The number of carbonyl (C=O) groups is 2. The quantitative estimate of drug-likeness (QED) is 0.730.